The highest BCUT2D eigenvalue weighted by atomic mass is 16.4. The van der Waals surface area contributed by atoms with Crippen molar-refractivity contribution in [2.75, 3.05) is 6.54 Å². The van der Waals surface area contributed by atoms with E-state index in [-0.39, 0.29) is 12.1 Å². The number of furan rings is 1. The van der Waals surface area contributed by atoms with Gasteiger partial charge < -0.3 is 19.1 Å². The summed E-state index contributed by atoms with van der Waals surface area (Å²) in [6.07, 6.45) is 1.92. The van der Waals surface area contributed by atoms with Gasteiger partial charge in [0.05, 0.1) is 18.3 Å². The summed E-state index contributed by atoms with van der Waals surface area (Å²) >= 11 is 0. The van der Waals surface area contributed by atoms with Gasteiger partial charge >= 0.3 is 6.03 Å². The van der Waals surface area contributed by atoms with E-state index in [0.717, 1.165) is 42.4 Å². The zero-order chi connectivity index (χ0) is 17.3. The molecule has 2 aromatic rings. The predicted octanol–water partition coefficient (Wildman–Crippen LogP) is 3.88. The SMILES string of the molecule is Cc1ccc([C@@H]2C[C@H](C)CCN2C(=O)NCc2nc(C)c(C)o2)o1. The van der Waals surface area contributed by atoms with Gasteiger partial charge in [0.25, 0.3) is 0 Å². The van der Waals surface area contributed by atoms with Crippen molar-refractivity contribution in [3.8, 4) is 0 Å². The van der Waals surface area contributed by atoms with Crippen molar-refractivity contribution in [1.29, 1.82) is 0 Å². The van der Waals surface area contributed by atoms with Crippen LogP contribution in [0.1, 0.15) is 54.7 Å². The van der Waals surface area contributed by atoms with Crippen LogP contribution >= 0.6 is 0 Å². The fourth-order valence-electron chi connectivity index (χ4n) is 3.15. The van der Waals surface area contributed by atoms with Gasteiger partial charge in [-0.15, -0.1) is 0 Å². The number of aryl methyl sites for hydroxylation is 3. The number of piperidine rings is 1. The zero-order valence-corrected chi connectivity index (χ0v) is 14.8. The Labute approximate surface area is 142 Å². The van der Waals surface area contributed by atoms with Gasteiger partial charge in [-0.25, -0.2) is 9.78 Å². The van der Waals surface area contributed by atoms with Gasteiger partial charge in [-0.1, -0.05) is 6.92 Å². The summed E-state index contributed by atoms with van der Waals surface area (Å²) in [5.74, 6) is 3.62. The molecule has 1 saturated heterocycles. The highest BCUT2D eigenvalue weighted by Gasteiger charge is 2.33. The first-order valence-corrected chi connectivity index (χ1v) is 8.47. The Kier molecular flexibility index (Phi) is 4.64. The summed E-state index contributed by atoms with van der Waals surface area (Å²) in [5, 5.41) is 2.92. The molecular weight excluding hydrogens is 306 g/mol. The number of oxazole rings is 1. The fraction of sp³-hybridized carbons (Fsp3) is 0.556. The van der Waals surface area contributed by atoms with E-state index in [9.17, 15) is 4.79 Å². The number of hydrogen-bond donors (Lipinski definition) is 1. The van der Waals surface area contributed by atoms with Crippen LogP contribution in [0.25, 0.3) is 0 Å². The van der Waals surface area contributed by atoms with Crippen LogP contribution in [0.3, 0.4) is 0 Å². The lowest BCUT2D eigenvalue weighted by atomic mass is 9.91. The molecule has 0 radical (unpaired) electrons. The standard InChI is InChI=1S/C18H25N3O3/c1-11-7-8-21(15(9-11)16-6-5-12(2)23-16)18(22)19-10-17-20-13(3)14(4)24-17/h5-6,11,15H,7-10H2,1-4H3,(H,19,22)/t11-,15+/m1/s1. The van der Waals surface area contributed by atoms with Crippen molar-refractivity contribution < 1.29 is 13.6 Å². The number of likely N-dealkylation sites (tertiary alicyclic amines) is 1. The predicted molar refractivity (Wildman–Crippen MR) is 89.5 cm³/mol. The Balaban J connectivity index is 1.69. The molecule has 0 aromatic carbocycles. The number of carbonyl (C=O) groups excluding carboxylic acids is 1. The maximum absolute atomic E-state index is 12.7. The average Bonchev–Trinajstić information content (AvgIpc) is 3.11. The minimum atomic E-state index is -0.102. The van der Waals surface area contributed by atoms with Crippen molar-refractivity contribution in [1.82, 2.24) is 15.2 Å². The molecule has 2 atom stereocenters. The molecule has 2 amide bonds. The Morgan fingerprint density at radius 3 is 2.75 bits per heavy atom. The maximum Gasteiger partial charge on any atom is 0.318 e. The van der Waals surface area contributed by atoms with Crippen LogP contribution in [0.2, 0.25) is 0 Å². The summed E-state index contributed by atoms with van der Waals surface area (Å²) in [6, 6.07) is 3.80. The Morgan fingerprint density at radius 2 is 2.12 bits per heavy atom. The van der Waals surface area contributed by atoms with Gasteiger partial charge in [-0.05, 0) is 51.7 Å². The van der Waals surface area contributed by atoms with Gasteiger partial charge in [0.2, 0.25) is 5.89 Å². The minimum absolute atomic E-state index is 0.0181. The molecular formula is C18H25N3O3. The summed E-state index contributed by atoms with van der Waals surface area (Å²) in [6.45, 7) is 8.93. The van der Waals surface area contributed by atoms with Crippen LogP contribution in [-0.4, -0.2) is 22.5 Å². The van der Waals surface area contributed by atoms with Crippen molar-refractivity contribution in [2.24, 2.45) is 5.92 Å². The fourth-order valence-corrected chi connectivity index (χ4v) is 3.15. The number of hydrogen-bond acceptors (Lipinski definition) is 4. The molecule has 0 saturated carbocycles. The first kappa shape index (κ1) is 16.6. The molecule has 3 heterocycles. The van der Waals surface area contributed by atoms with Gasteiger partial charge in [-0.3, -0.25) is 0 Å². The van der Waals surface area contributed by atoms with Gasteiger partial charge in [0.15, 0.2) is 0 Å². The van der Waals surface area contributed by atoms with E-state index in [1.54, 1.807) is 0 Å². The average molecular weight is 331 g/mol. The lowest BCUT2D eigenvalue weighted by Crippen LogP contribution is -2.45. The number of amides is 2. The van der Waals surface area contributed by atoms with E-state index in [0.29, 0.717) is 18.4 Å². The van der Waals surface area contributed by atoms with E-state index in [1.165, 1.54) is 0 Å². The summed E-state index contributed by atoms with van der Waals surface area (Å²) in [7, 11) is 0. The van der Waals surface area contributed by atoms with Crippen molar-refractivity contribution in [2.45, 2.75) is 53.1 Å². The third-order valence-electron chi connectivity index (χ3n) is 4.68. The van der Waals surface area contributed by atoms with Crippen LogP contribution in [0.15, 0.2) is 21.0 Å². The molecule has 2 aromatic heterocycles. The molecule has 3 rings (SSSR count). The summed E-state index contributed by atoms with van der Waals surface area (Å²) in [4.78, 5) is 18.8. The molecule has 1 aliphatic heterocycles. The molecule has 130 valence electrons. The molecule has 6 nitrogen and oxygen atoms in total. The third kappa shape index (κ3) is 3.47. The Bertz CT molecular complexity index is 699. The largest absolute Gasteiger partial charge is 0.464 e. The summed E-state index contributed by atoms with van der Waals surface area (Å²) < 4.78 is 11.3. The van der Waals surface area contributed by atoms with E-state index in [2.05, 4.69) is 17.2 Å². The van der Waals surface area contributed by atoms with E-state index in [1.807, 2.05) is 37.8 Å². The van der Waals surface area contributed by atoms with Gasteiger partial charge in [0, 0.05) is 6.54 Å². The monoisotopic (exact) mass is 331 g/mol. The number of aromatic nitrogens is 1. The van der Waals surface area contributed by atoms with Crippen molar-refractivity contribution in [3.05, 3.63) is 41.0 Å². The third-order valence-corrected chi connectivity index (χ3v) is 4.68. The van der Waals surface area contributed by atoms with Crippen LogP contribution in [0.4, 0.5) is 4.79 Å². The number of urea groups is 1. The van der Waals surface area contributed by atoms with Crippen LogP contribution in [0.5, 0.6) is 0 Å². The van der Waals surface area contributed by atoms with Crippen LogP contribution < -0.4 is 5.32 Å². The smallest absolute Gasteiger partial charge is 0.318 e. The molecule has 1 N–H and O–H groups in total. The molecule has 1 fully saturated rings. The van der Waals surface area contributed by atoms with Crippen molar-refractivity contribution >= 4 is 6.03 Å². The Hall–Kier alpha value is -2.24. The number of nitrogens with one attached hydrogen (secondary N) is 1. The van der Waals surface area contributed by atoms with Crippen LogP contribution in [-0.2, 0) is 6.54 Å². The molecule has 0 bridgehead atoms. The minimum Gasteiger partial charge on any atom is -0.464 e. The topological polar surface area (TPSA) is 71.5 Å². The molecule has 0 spiro atoms. The summed E-state index contributed by atoms with van der Waals surface area (Å²) in [5.41, 5.74) is 0.856. The van der Waals surface area contributed by atoms with E-state index < -0.39 is 0 Å². The van der Waals surface area contributed by atoms with Crippen LogP contribution in [0, 0.1) is 26.7 Å². The quantitative estimate of drug-likeness (QED) is 0.926. The molecule has 24 heavy (non-hydrogen) atoms. The van der Waals surface area contributed by atoms with E-state index in [4.69, 9.17) is 8.83 Å². The second-order valence-electron chi connectivity index (χ2n) is 6.70. The number of carbonyl (C=O) groups is 1. The second kappa shape index (κ2) is 6.71. The van der Waals surface area contributed by atoms with E-state index >= 15 is 0 Å². The van der Waals surface area contributed by atoms with Crippen molar-refractivity contribution in [3.63, 3.8) is 0 Å². The zero-order valence-electron chi connectivity index (χ0n) is 14.8. The number of nitrogens with zero attached hydrogens (tertiary/aromatic N) is 2. The first-order chi connectivity index (χ1) is 11.4. The maximum atomic E-state index is 12.7. The van der Waals surface area contributed by atoms with Gasteiger partial charge in [-0.2, -0.15) is 0 Å². The molecule has 0 unspecified atom stereocenters. The molecule has 0 aliphatic carbocycles. The highest BCUT2D eigenvalue weighted by molar-refractivity contribution is 5.74. The molecule has 6 heteroatoms. The first-order valence-electron chi connectivity index (χ1n) is 8.47. The lowest BCUT2D eigenvalue weighted by molar-refractivity contribution is 0.118. The normalized spacial score (nSPS) is 21.1. The van der Waals surface area contributed by atoms with Gasteiger partial charge in [0.1, 0.15) is 17.3 Å². The highest BCUT2D eigenvalue weighted by Crippen LogP contribution is 2.34. The number of rotatable bonds is 3. The molecule has 1 aliphatic rings. The second-order valence-corrected chi connectivity index (χ2v) is 6.70. The lowest BCUT2D eigenvalue weighted by Gasteiger charge is -2.37. The Morgan fingerprint density at radius 1 is 1.33 bits per heavy atom.